The fraction of sp³-hybridized carbons (Fsp3) is 0.0714. The van der Waals surface area contributed by atoms with Crippen molar-refractivity contribution in [1.29, 1.82) is 0 Å². The summed E-state index contributed by atoms with van der Waals surface area (Å²) in [4.78, 5) is 0. The van der Waals surface area contributed by atoms with E-state index >= 15 is 0 Å². The van der Waals surface area contributed by atoms with Gasteiger partial charge in [0.15, 0.2) is 0 Å². The van der Waals surface area contributed by atoms with Crippen LogP contribution in [0.4, 0.5) is 0 Å². The van der Waals surface area contributed by atoms with E-state index in [1.54, 1.807) is 0 Å². The van der Waals surface area contributed by atoms with Crippen LogP contribution in [0.3, 0.4) is 0 Å². The summed E-state index contributed by atoms with van der Waals surface area (Å²) in [6, 6.07) is 37.1. The highest BCUT2D eigenvalue weighted by Crippen LogP contribution is 2.37. The quantitative estimate of drug-likeness (QED) is 0.307. The predicted molar refractivity (Wildman–Crippen MR) is 120 cm³/mol. The molecule has 5 rings (SSSR count). The number of benzene rings is 3. The summed E-state index contributed by atoms with van der Waals surface area (Å²) in [6.45, 7) is 2.10. The van der Waals surface area contributed by atoms with E-state index in [0.717, 1.165) is 39.7 Å². The van der Waals surface area contributed by atoms with Gasteiger partial charge in [0.05, 0.1) is 0 Å². The Labute approximate surface area is 176 Å². The fourth-order valence-electron chi connectivity index (χ4n) is 3.76. The lowest BCUT2D eigenvalue weighted by Gasteiger charge is -2.13. The fourth-order valence-corrected chi connectivity index (χ4v) is 3.76. The van der Waals surface area contributed by atoms with Crippen LogP contribution in [0, 0.1) is 6.92 Å². The Morgan fingerprint density at radius 3 is 1.43 bits per heavy atom. The molecule has 0 aliphatic rings. The van der Waals surface area contributed by atoms with E-state index in [1.165, 1.54) is 5.56 Å². The van der Waals surface area contributed by atoms with Gasteiger partial charge < -0.3 is 8.83 Å². The first-order valence-corrected chi connectivity index (χ1v) is 10.1. The molecule has 30 heavy (non-hydrogen) atoms. The summed E-state index contributed by atoms with van der Waals surface area (Å²) in [5, 5.41) is 0. The van der Waals surface area contributed by atoms with Crippen molar-refractivity contribution >= 4 is 0 Å². The Kier molecular flexibility index (Phi) is 4.82. The third-order valence-corrected chi connectivity index (χ3v) is 5.35. The Morgan fingerprint density at radius 1 is 0.500 bits per heavy atom. The van der Waals surface area contributed by atoms with Crippen LogP contribution in [0.5, 0.6) is 0 Å². The van der Waals surface area contributed by atoms with Gasteiger partial charge in [0.25, 0.3) is 0 Å². The average molecular weight is 390 g/mol. The molecule has 0 amide bonds. The van der Waals surface area contributed by atoms with Gasteiger partial charge in [-0.05, 0) is 36.8 Å². The Bertz CT molecular complexity index is 1150. The third-order valence-electron chi connectivity index (χ3n) is 5.35. The zero-order chi connectivity index (χ0) is 20.3. The summed E-state index contributed by atoms with van der Waals surface area (Å²) >= 11 is 0. The van der Waals surface area contributed by atoms with Crippen LogP contribution >= 0.6 is 0 Å². The minimum atomic E-state index is -0.111. The molecule has 0 radical (unpaired) electrons. The SMILES string of the molecule is Cc1ccc(C(c2ccc(-c3ccccc3)o2)c2ccc(-c3ccccc3)o2)cc1. The van der Waals surface area contributed by atoms with Crippen molar-refractivity contribution in [3.8, 4) is 22.6 Å². The van der Waals surface area contributed by atoms with Crippen molar-refractivity contribution in [3.63, 3.8) is 0 Å². The standard InChI is InChI=1S/C28H22O2/c1-20-12-14-23(15-13-20)28(26-18-16-24(29-26)21-8-4-2-5-9-21)27-19-17-25(30-27)22-10-6-3-7-11-22/h2-19,28H,1H3. The maximum absolute atomic E-state index is 6.33. The second-order valence-electron chi connectivity index (χ2n) is 7.48. The lowest BCUT2D eigenvalue weighted by Crippen LogP contribution is -2.01. The van der Waals surface area contributed by atoms with Crippen LogP contribution in [-0.2, 0) is 0 Å². The molecule has 0 aliphatic carbocycles. The molecule has 2 aromatic heterocycles. The third kappa shape index (κ3) is 3.60. The van der Waals surface area contributed by atoms with Crippen LogP contribution in [0.15, 0.2) is 118 Å². The zero-order valence-corrected chi connectivity index (χ0v) is 16.8. The van der Waals surface area contributed by atoms with Crippen LogP contribution < -0.4 is 0 Å². The first-order chi connectivity index (χ1) is 14.8. The number of hydrogen-bond acceptors (Lipinski definition) is 2. The van der Waals surface area contributed by atoms with Gasteiger partial charge in [-0.3, -0.25) is 0 Å². The Hall–Kier alpha value is -3.78. The molecule has 2 heterocycles. The molecule has 146 valence electrons. The highest BCUT2D eigenvalue weighted by Gasteiger charge is 2.24. The van der Waals surface area contributed by atoms with Crippen molar-refractivity contribution in [3.05, 3.63) is 132 Å². The van der Waals surface area contributed by atoms with Gasteiger partial charge in [-0.15, -0.1) is 0 Å². The number of furan rings is 2. The second-order valence-corrected chi connectivity index (χ2v) is 7.48. The summed E-state index contributed by atoms with van der Waals surface area (Å²) in [5.41, 5.74) is 4.50. The minimum Gasteiger partial charge on any atom is -0.460 e. The lowest BCUT2D eigenvalue weighted by atomic mass is 9.93. The molecule has 2 heteroatoms. The van der Waals surface area contributed by atoms with Gasteiger partial charge in [-0.2, -0.15) is 0 Å². The molecule has 3 aromatic carbocycles. The zero-order valence-electron chi connectivity index (χ0n) is 16.8. The van der Waals surface area contributed by atoms with Crippen LogP contribution in [-0.4, -0.2) is 0 Å². The van der Waals surface area contributed by atoms with E-state index < -0.39 is 0 Å². The first kappa shape index (κ1) is 18.3. The number of hydrogen-bond donors (Lipinski definition) is 0. The smallest absolute Gasteiger partial charge is 0.134 e. The van der Waals surface area contributed by atoms with Crippen molar-refractivity contribution in [2.75, 3.05) is 0 Å². The molecule has 0 spiro atoms. The van der Waals surface area contributed by atoms with Crippen LogP contribution in [0.1, 0.15) is 28.6 Å². The molecule has 0 fully saturated rings. The molecule has 0 aliphatic heterocycles. The summed E-state index contributed by atoms with van der Waals surface area (Å²) < 4.78 is 12.7. The molecule has 0 saturated carbocycles. The molecule has 5 aromatic rings. The van der Waals surface area contributed by atoms with Gasteiger partial charge in [-0.1, -0.05) is 90.5 Å². The first-order valence-electron chi connectivity index (χ1n) is 10.1. The largest absolute Gasteiger partial charge is 0.460 e. The van der Waals surface area contributed by atoms with Gasteiger partial charge in [0.1, 0.15) is 29.0 Å². The normalized spacial score (nSPS) is 11.1. The van der Waals surface area contributed by atoms with E-state index in [2.05, 4.69) is 67.6 Å². The average Bonchev–Trinajstić information content (AvgIpc) is 3.47. The molecule has 0 bridgehead atoms. The van der Waals surface area contributed by atoms with Gasteiger partial charge in [0, 0.05) is 11.1 Å². The maximum atomic E-state index is 6.33. The second kappa shape index (κ2) is 7.92. The highest BCUT2D eigenvalue weighted by atomic mass is 16.4. The Morgan fingerprint density at radius 2 is 0.967 bits per heavy atom. The molecule has 2 nitrogen and oxygen atoms in total. The minimum absolute atomic E-state index is 0.111. The van der Waals surface area contributed by atoms with Crippen molar-refractivity contribution < 1.29 is 8.83 Å². The van der Waals surface area contributed by atoms with Crippen molar-refractivity contribution in [2.45, 2.75) is 12.8 Å². The molecular formula is C28H22O2. The summed E-state index contributed by atoms with van der Waals surface area (Å²) in [7, 11) is 0. The van der Waals surface area contributed by atoms with E-state index in [9.17, 15) is 0 Å². The predicted octanol–water partition coefficient (Wildman–Crippen LogP) is 7.70. The maximum Gasteiger partial charge on any atom is 0.134 e. The van der Waals surface area contributed by atoms with Gasteiger partial charge in [-0.25, -0.2) is 0 Å². The number of rotatable bonds is 5. The van der Waals surface area contributed by atoms with Crippen LogP contribution in [0.2, 0.25) is 0 Å². The molecule has 0 unspecified atom stereocenters. The van der Waals surface area contributed by atoms with E-state index in [1.807, 2.05) is 48.5 Å². The summed E-state index contributed by atoms with van der Waals surface area (Å²) in [5.74, 6) is 3.34. The van der Waals surface area contributed by atoms with Crippen molar-refractivity contribution in [2.24, 2.45) is 0 Å². The Balaban J connectivity index is 1.58. The summed E-state index contributed by atoms with van der Waals surface area (Å²) in [6.07, 6.45) is 0. The molecule has 0 atom stereocenters. The van der Waals surface area contributed by atoms with E-state index in [4.69, 9.17) is 8.83 Å². The van der Waals surface area contributed by atoms with Crippen LogP contribution in [0.25, 0.3) is 22.6 Å². The molecular weight excluding hydrogens is 368 g/mol. The molecule has 0 N–H and O–H groups in total. The van der Waals surface area contributed by atoms with Crippen molar-refractivity contribution in [1.82, 2.24) is 0 Å². The van der Waals surface area contributed by atoms with Gasteiger partial charge in [0.2, 0.25) is 0 Å². The topological polar surface area (TPSA) is 26.3 Å². The lowest BCUT2D eigenvalue weighted by molar-refractivity contribution is 0.461. The van der Waals surface area contributed by atoms with E-state index in [-0.39, 0.29) is 5.92 Å². The molecule has 0 saturated heterocycles. The van der Waals surface area contributed by atoms with Gasteiger partial charge >= 0.3 is 0 Å². The monoisotopic (exact) mass is 390 g/mol. The number of aryl methyl sites for hydroxylation is 1. The van der Waals surface area contributed by atoms with E-state index in [0.29, 0.717) is 0 Å². The highest BCUT2D eigenvalue weighted by molar-refractivity contribution is 5.59.